The molecule has 0 amide bonds. The lowest BCUT2D eigenvalue weighted by Crippen LogP contribution is -2.21. The molecule has 0 bridgehead atoms. The van der Waals surface area contributed by atoms with E-state index in [4.69, 9.17) is 0 Å². The Labute approximate surface area is 138 Å². The number of aliphatic carboxylic acids is 1. The van der Waals surface area contributed by atoms with E-state index in [-0.39, 0.29) is 6.42 Å². The highest BCUT2D eigenvalue weighted by atomic mass is 16.4. The summed E-state index contributed by atoms with van der Waals surface area (Å²) in [4.78, 5) is 10.2. The van der Waals surface area contributed by atoms with Gasteiger partial charge in [-0.3, -0.25) is 0 Å². The van der Waals surface area contributed by atoms with Gasteiger partial charge in [0.05, 0.1) is 0 Å². The molecule has 130 valence electrons. The van der Waals surface area contributed by atoms with Crippen LogP contribution in [0.3, 0.4) is 0 Å². The van der Waals surface area contributed by atoms with Gasteiger partial charge in [-0.1, -0.05) is 89.7 Å². The van der Waals surface area contributed by atoms with Gasteiger partial charge in [0, 0.05) is 5.97 Å². The third kappa shape index (κ3) is 19.2. The maximum absolute atomic E-state index is 10.2. The van der Waals surface area contributed by atoms with Crippen LogP contribution < -0.4 is 5.11 Å². The van der Waals surface area contributed by atoms with Gasteiger partial charge in [0.2, 0.25) is 0 Å². The van der Waals surface area contributed by atoms with Crippen LogP contribution in [0.4, 0.5) is 0 Å². The summed E-state index contributed by atoms with van der Waals surface area (Å²) in [6.07, 6.45) is 23.9. The van der Waals surface area contributed by atoms with Gasteiger partial charge in [-0.25, -0.2) is 0 Å². The Hall–Kier alpha value is -0.790. The number of carbonyl (C=O) groups excluding carboxylic acids is 1. The average molecular weight is 310 g/mol. The van der Waals surface area contributed by atoms with Gasteiger partial charge in [-0.15, -0.1) is 0 Å². The van der Waals surface area contributed by atoms with Crippen molar-refractivity contribution in [2.75, 3.05) is 0 Å². The molecule has 2 heteroatoms. The van der Waals surface area contributed by atoms with Crippen LogP contribution in [0.15, 0.2) is 12.2 Å². The molecule has 0 aromatic rings. The van der Waals surface area contributed by atoms with Crippen LogP contribution in [0, 0.1) is 0 Å². The van der Waals surface area contributed by atoms with Gasteiger partial charge in [0.1, 0.15) is 0 Å². The summed E-state index contributed by atoms with van der Waals surface area (Å²) in [5.41, 5.74) is 0. The average Bonchev–Trinajstić information content (AvgIpc) is 2.50. The van der Waals surface area contributed by atoms with Crippen LogP contribution in [0.5, 0.6) is 0 Å². The molecular formula is C20H37O2-. The quantitative estimate of drug-likeness (QED) is 0.261. The number of rotatable bonds is 17. The van der Waals surface area contributed by atoms with Crippen molar-refractivity contribution in [3.05, 3.63) is 12.2 Å². The molecule has 0 aromatic heterocycles. The van der Waals surface area contributed by atoms with Crippen molar-refractivity contribution in [3.8, 4) is 0 Å². The van der Waals surface area contributed by atoms with Crippen molar-refractivity contribution in [2.24, 2.45) is 0 Å². The van der Waals surface area contributed by atoms with Crippen molar-refractivity contribution < 1.29 is 9.90 Å². The number of carboxylic acid groups (broad SMARTS) is 1. The summed E-state index contributed by atoms with van der Waals surface area (Å²) >= 11 is 0. The number of hydrogen-bond donors (Lipinski definition) is 0. The van der Waals surface area contributed by atoms with Crippen LogP contribution in [-0.4, -0.2) is 5.97 Å². The lowest BCUT2D eigenvalue weighted by atomic mass is 10.0. The van der Waals surface area contributed by atoms with E-state index >= 15 is 0 Å². The van der Waals surface area contributed by atoms with E-state index in [1.54, 1.807) is 0 Å². The molecule has 0 unspecified atom stereocenters. The molecule has 22 heavy (non-hydrogen) atoms. The van der Waals surface area contributed by atoms with Gasteiger partial charge in [0.15, 0.2) is 0 Å². The van der Waals surface area contributed by atoms with Crippen LogP contribution in [0.25, 0.3) is 0 Å². The largest absolute Gasteiger partial charge is 0.550 e. The van der Waals surface area contributed by atoms with E-state index in [1.165, 1.54) is 77.0 Å². The van der Waals surface area contributed by atoms with Gasteiger partial charge >= 0.3 is 0 Å². The third-order valence-corrected chi connectivity index (χ3v) is 4.14. The van der Waals surface area contributed by atoms with E-state index < -0.39 is 5.97 Å². The van der Waals surface area contributed by atoms with E-state index in [0.717, 1.165) is 12.8 Å². The highest BCUT2D eigenvalue weighted by molar-refractivity contribution is 5.64. The molecule has 0 aromatic carbocycles. The Balaban J connectivity index is 3.05. The Morgan fingerprint density at radius 1 is 0.682 bits per heavy atom. The second-order valence-corrected chi connectivity index (χ2v) is 6.41. The molecule has 0 heterocycles. The second kappa shape index (κ2) is 18.3. The number of carbonyl (C=O) groups is 1. The normalized spacial score (nSPS) is 11.3. The summed E-state index contributed by atoms with van der Waals surface area (Å²) in [5, 5.41) is 10.2. The van der Waals surface area contributed by atoms with Crippen molar-refractivity contribution >= 4 is 5.97 Å². The number of unbranched alkanes of at least 4 members (excludes halogenated alkanes) is 13. The van der Waals surface area contributed by atoms with Gasteiger partial charge < -0.3 is 9.90 Å². The predicted octanol–water partition coefficient (Wildman–Crippen LogP) is 5.55. The van der Waals surface area contributed by atoms with Crippen LogP contribution in [0.1, 0.15) is 110 Å². The standard InChI is InChI=1S/C20H38O2/c1-2-3-4-5-6-7-8-9-10-11-12-13-14-15-16-17-18-19-20(21)22/h15-16H,2-14,17-19H2,1H3,(H,21,22)/p-1/b16-15+. The fourth-order valence-corrected chi connectivity index (χ4v) is 2.70. The highest BCUT2D eigenvalue weighted by Gasteiger charge is 1.93. The van der Waals surface area contributed by atoms with E-state index in [1.807, 2.05) is 0 Å². The molecule has 0 fully saturated rings. The first-order chi connectivity index (χ1) is 10.8. The molecule has 0 saturated carbocycles. The minimum atomic E-state index is -0.936. The van der Waals surface area contributed by atoms with E-state index in [2.05, 4.69) is 19.1 Å². The summed E-state index contributed by atoms with van der Waals surface area (Å²) in [6, 6.07) is 0. The molecule has 0 atom stereocenters. The first-order valence-electron chi connectivity index (χ1n) is 9.62. The van der Waals surface area contributed by atoms with E-state index in [0.29, 0.717) is 6.42 Å². The first kappa shape index (κ1) is 21.2. The summed E-state index contributed by atoms with van der Waals surface area (Å²) in [7, 11) is 0. The Kier molecular flexibility index (Phi) is 17.6. The summed E-state index contributed by atoms with van der Waals surface area (Å²) in [6.45, 7) is 2.27. The second-order valence-electron chi connectivity index (χ2n) is 6.41. The Morgan fingerprint density at radius 2 is 1.09 bits per heavy atom. The zero-order chi connectivity index (χ0) is 16.3. The highest BCUT2D eigenvalue weighted by Crippen LogP contribution is 2.12. The molecule has 0 N–H and O–H groups in total. The first-order valence-corrected chi connectivity index (χ1v) is 9.62. The monoisotopic (exact) mass is 309 g/mol. The summed E-state index contributed by atoms with van der Waals surface area (Å²) < 4.78 is 0. The number of allylic oxidation sites excluding steroid dienone is 2. The molecule has 2 nitrogen and oxygen atoms in total. The lowest BCUT2D eigenvalue weighted by molar-refractivity contribution is -0.305. The van der Waals surface area contributed by atoms with Crippen molar-refractivity contribution in [1.29, 1.82) is 0 Å². The fraction of sp³-hybridized carbons (Fsp3) is 0.850. The van der Waals surface area contributed by atoms with Crippen molar-refractivity contribution in [1.82, 2.24) is 0 Å². The van der Waals surface area contributed by atoms with Crippen LogP contribution in [0.2, 0.25) is 0 Å². The summed E-state index contributed by atoms with van der Waals surface area (Å²) in [5.74, 6) is -0.936. The van der Waals surface area contributed by atoms with Crippen LogP contribution in [-0.2, 0) is 4.79 Å². The zero-order valence-electron chi connectivity index (χ0n) is 14.8. The SMILES string of the molecule is CCCCCCCCCCCCCC/C=C/CCCC(=O)[O-]. The fourth-order valence-electron chi connectivity index (χ4n) is 2.70. The minimum Gasteiger partial charge on any atom is -0.550 e. The number of carboxylic acids is 1. The number of hydrogen-bond acceptors (Lipinski definition) is 2. The molecule has 0 saturated heterocycles. The van der Waals surface area contributed by atoms with Crippen LogP contribution >= 0.6 is 0 Å². The van der Waals surface area contributed by atoms with Gasteiger partial charge in [-0.05, 0) is 32.1 Å². The van der Waals surface area contributed by atoms with E-state index in [9.17, 15) is 9.90 Å². The zero-order valence-corrected chi connectivity index (χ0v) is 14.8. The molecule has 0 aliphatic rings. The van der Waals surface area contributed by atoms with Crippen molar-refractivity contribution in [3.63, 3.8) is 0 Å². The topological polar surface area (TPSA) is 40.1 Å². The van der Waals surface area contributed by atoms with Gasteiger partial charge in [-0.2, -0.15) is 0 Å². The third-order valence-electron chi connectivity index (χ3n) is 4.14. The Morgan fingerprint density at radius 3 is 1.55 bits per heavy atom. The predicted molar refractivity (Wildman–Crippen MR) is 93.7 cm³/mol. The smallest absolute Gasteiger partial charge is 0.0414 e. The van der Waals surface area contributed by atoms with Crippen molar-refractivity contribution in [2.45, 2.75) is 110 Å². The molecule has 0 radical (unpaired) electrons. The minimum absolute atomic E-state index is 0.183. The maximum atomic E-state index is 10.2. The molecular weight excluding hydrogens is 272 g/mol. The molecule has 0 rings (SSSR count). The molecule has 0 aliphatic carbocycles. The Bertz CT molecular complexity index is 258. The molecule has 0 spiro atoms. The lowest BCUT2D eigenvalue weighted by Gasteiger charge is -2.02. The van der Waals surface area contributed by atoms with Gasteiger partial charge in [0.25, 0.3) is 0 Å². The molecule has 0 aliphatic heterocycles. The maximum Gasteiger partial charge on any atom is 0.0414 e.